The number of nitrogens with zero attached hydrogens (tertiary/aromatic N) is 1. The Hall–Kier alpha value is -1.26. The summed E-state index contributed by atoms with van der Waals surface area (Å²) < 4.78 is 11.3. The van der Waals surface area contributed by atoms with Gasteiger partial charge in [0.05, 0.1) is 7.11 Å². The highest BCUT2D eigenvalue weighted by atomic mass is 16.5. The van der Waals surface area contributed by atoms with Crippen LogP contribution in [0.4, 0.5) is 0 Å². The fourth-order valence-electron chi connectivity index (χ4n) is 2.31. The van der Waals surface area contributed by atoms with Crippen molar-refractivity contribution in [2.75, 3.05) is 33.4 Å². The number of hydrogen-bond acceptors (Lipinski definition) is 4. The van der Waals surface area contributed by atoms with Crippen molar-refractivity contribution < 1.29 is 9.47 Å². The standard InChI is InChI=1S/C17H28N2O2/c1-4-19(5-2)10-11-21-17-12-16(20-3)9-6-14(17)13-18-15-7-8-15/h6,9,12,15,18H,4-5,7-8,10-11,13H2,1-3H3. The largest absolute Gasteiger partial charge is 0.497 e. The minimum atomic E-state index is 0.704. The molecular weight excluding hydrogens is 264 g/mol. The van der Waals surface area contributed by atoms with Crippen LogP contribution in [0.5, 0.6) is 11.5 Å². The molecule has 0 aliphatic heterocycles. The number of ether oxygens (including phenoxy) is 2. The average Bonchev–Trinajstić information content (AvgIpc) is 3.34. The zero-order valence-corrected chi connectivity index (χ0v) is 13.5. The van der Waals surface area contributed by atoms with Gasteiger partial charge in [0, 0.05) is 30.8 Å². The molecule has 0 bridgehead atoms. The second-order valence-corrected chi connectivity index (χ2v) is 5.50. The Morgan fingerprint density at radius 1 is 1.24 bits per heavy atom. The zero-order valence-electron chi connectivity index (χ0n) is 13.5. The summed E-state index contributed by atoms with van der Waals surface area (Å²) in [5.41, 5.74) is 1.21. The summed E-state index contributed by atoms with van der Waals surface area (Å²) in [5, 5.41) is 3.54. The first-order valence-electron chi connectivity index (χ1n) is 8.02. The lowest BCUT2D eigenvalue weighted by Crippen LogP contribution is -2.28. The second-order valence-electron chi connectivity index (χ2n) is 5.50. The first-order valence-corrected chi connectivity index (χ1v) is 8.02. The van der Waals surface area contributed by atoms with Crippen molar-refractivity contribution in [2.45, 2.75) is 39.3 Å². The van der Waals surface area contributed by atoms with Gasteiger partial charge in [-0.25, -0.2) is 0 Å². The second kappa shape index (κ2) is 8.25. The molecule has 1 aromatic rings. The van der Waals surface area contributed by atoms with Gasteiger partial charge in [-0.3, -0.25) is 0 Å². The van der Waals surface area contributed by atoms with Crippen molar-refractivity contribution in [1.29, 1.82) is 0 Å². The Bertz CT molecular complexity index is 429. The smallest absolute Gasteiger partial charge is 0.127 e. The topological polar surface area (TPSA) is 33.7 Å². The summed E-state index contributed by atoms with van der Waals surface area (Å²) in [4.78, 5) is 2.36. The monoisotopic (exact) mass is 292 g/mol. The predicted octanol–water partition coefficient (Wildman–Crippen LogP) is 2.67. The summed E-state index contributed by atoms with van der Waals surface area (Å²) in [6.07, 6.45) is 2.60. The van der Waals surface area contributed by atoms with E-state index in [0.717, 1.165) is 37.7 Å². The van der Waals surface area contributed by atoms with E-state index in [1.807, 2.05) is 12.1 Å². The van der Waals surface area contributed by atoms with E-state index >= 15 is 0 Å². The van der Waals surface area contributed by atoms with E-state index < -0.39 is 0 Å². The molecule has 0 saturated heterocycles. The minimum absolute atomic E-state index is 0.704. The maximum atomic E-state index is 6.00. The number of nitrogens with one attached hydrogen (secondary N) is 1. The first kappa shape index (κ1) is 16.1. The molecule has 1 fully saturated rings. The third-order valence-corrected chi connectivity index (χ3v) is 3.99. The van der Waals surface area contributed by atoms with Crippen LogP contribution in [-0.2, 0) is 6.54 Å². The SMILES string of the molecule is CCN(CC)CCOc1cc(OC)ccc1CNC1CC1. The Labute approximate surface area is 128 Å². The molecule has 1 N–H and O–H groups in total. The fourth-order valence-corrected chi connectivity index (χ4v) is 2.31. The van der Waals surface area contributed by atoms with Gasteiger partial charge < -0.3 is 19.7 Å². The molecule has 0 unspecified atom stereocenters. The number of benzene rings is 1. The lowest BCUT2D eigenvalue weighted by atomic mass is 10.2. The highest BCUT2D eigenvalue weighted by Crippen LogP contribution is 2.26. The molecule has 1 aliphatic rings. The molecule has 2 rings (SSSR count). The van der Waals surface area contributed by atoms with Crippen molar-refractivity contribution in [2.24, 2.45) is 0 Å². The van der Waals surface area contributed by atoms with Gasteiger partial charge in [-0.05, 0) is 32.0 Å². The normalized spacial score (nSPS) is 14.5. The molecule has 0 heterocycles. The highest BCUT2D eigenvalue weighted by molar-refractivity contribution is 5.40. The van der Waals surface area contributed by atoms with Crippen molar-refractivity contribution >= 4 is 0 Å². The van der Waals surface area contributed by atoms with Gasteiger partial charge >= 0.3 is 0 Å². The Morgan fingerprint density at radius 3 is 2.62 bits per heavy atom. The third kappa shape index (κ3) is 5.21. The molecular formula is C17H28N2O2. The highest BCUT2D eigenvalue weighted by Gasteiger charge is 2.20. The van der Waals surface area contributed by atoms with E-state index in [1.54, 1.807) is 7.11 Å². The van der Waals surface area contributed by atoms with Crippen LogP contribution in [0, 0.1) is 0 Å². The molecule has 4 heteroatoms. The molecule has 0 radical (unpaired) electrons. The van der Waals surface area contributed by atoms with Gasteiger partial charge in [0.25, 0.3) is 0 Å². The molecule has 1 aromatic carbocycles. The maximum Gasteiger partial charge on any atom is 0.127 e. The third-order valence-electron chi connectivity index (χ3n) is 3.99. The van der Waals surface area contributed by atoms with Gasteiger partial charge in [0.15, 0.2) is 0 Å². The van der Waals surface area contributed by atoms with Crippen LogP contribution in [0.3, 0.4) is 0 Å². The zero-order chi connectivity index (χ0) is 15.1. The van der Waals surface area contributed by atoms with Crippen LogP contribution in [0.1, 0.15) is 32.3 Å². The number of hydrogen-bond donors (Lipinski definition) is 1. The molecule has 0 aromatic heterocycles. The molecule has 21 heavy (non-hydrogen) atoms. The van der Waals surface area contributed by atoms with E-state index in [1.165, 1.54) is 18.4 Å². The fraction of sp³-hybridized carbons (Fsp3) is 0.647. The van der Waals surface area contributed by atoms with Crippen molar-refractivity contribution in [3.05, 3.63) is 23.8 Å². The summed E-state index contributed by atoms with van der Waals surface area (Å²) >= 11 is 0. The van der Waals surface area contributed by atoms with E-state index in [-0.39, 0.29) is 0 Å². The maximum absolute atomic E-state index is 6.00. The van der Waals surface area contributed by atoms with Gasteiger partial charge in [0.2, 0.25) is 0 Å². The Kier molecular flexibility index (Phi) is 6.33. The molecule has 1 saturated carbocycles. The first-order chi connectivity index (χ1) is 10.3. The lowest BCUT2D eigenvalue weighted by molar-refractivity contribution is 0.221. The minimum Gasteiger partial charge on any atom is -0.497 e. The van der Waals surface area contributed by atoms with Crippen LogP contribution in [0.2, 0.25) is 0 Å². The summed E-state index contributed by atoms with van der Waals surface area (Å²) in [7, 11) is 1.69. The Balaban J connectivity index is 1.92. The van der Waals surface area contributed by atoms with Crippen molar-refractivity contribution in [1.82, 2.24) is 10.2 Å². The molecule has 118 valence electrons. The molecule has 4 nitrogen and oxygen atoms in total. The quantitative estimate of drug-likeness (QED) is 0.719. The van der Waals surface area contributed by atoms with Gasteiger partial charge in [-0.15, -0.1) is 0 Å². The van der Waals surface area contributed by atoms with E-state index in [9.17, 15) is 0 Å². The summed E-state index contributed by atoms with van der Waals surface area (Å²) in [6.45, 7) is 9.03. The summed E-state index contributed by atoms with van der Waals surface area (Å²) in [5.74, 6) is 1.79. The van der Waals surface area contributed by atoms with Crippen LogP contribution in [-0.4, -0.2) is 44.3 Å². The number of likely N-dealkylation sites (N-methyl/N-ethyl adjacent to an activating group) is 1. The molecule has 0 amide bonds. The predicted molar refractivity (Wildman–Crippen MR) is 86.1 cm³/mol. The average molecular weight is 292 g/mol. The van der Waals surface area contributed by atoms with Crippen LogP contribution >= 0.6 is 0 Å². The van der Waals surface area contributed by atoms with Crippen LogP contribution in [0.25, 0.3) is 0 Å². The van der Waals surface area contributed by atoms with Crippen molar-refractivity contribution in [3.8, 4) is 11.5 Å². The summed E-state index contributed by atoms with van der Waals surface area (Å²) in [6, 6.07) is 6.80. The lowest BCUT2D eigenvalue weighted by Gasteiger charge is -2.19. The number of rotatable bonds is 10. The Morgan fingerprint density at radius 2 is 2.00 bits per heavy atom. The number of methoxy groups -OCH3 is 1. The molecule has 0 spiro atoms. The van der Waals surface area contributed by atoms with Crippen LogP contribution in [0.15, 0.2) is 18.2 Å². The van der Waals surface area contributed by atoms with E-state index in [2.05, 4.69) is 30.1 Å². The van der Waals surface area contributed by atoms with Gasteiger partial charge in [-0.2, -0.15) is 0 Å². The molecule has 1 aliphatic carbocycles. The van der Waals surface area contributed by atoms with Crippen molar-refractivity contribution in [3.63, 3.8) is 0 Å². The van der Waals surface area contributed by atoms with Gasteiger partial charge in [0.1, 0.15) is 18.1 Å². The van der Waals surface area contributed by atoms with Gasteiger partial charge in [-0.1, -0.05) is 19.9 Å². The van der Waals surface area contributed by atoms with E-state index in [0.29, 0.717) is 12.6 Å². The molecule has 0 atom stereocenters. The van der Waals surface area contributed by atoms with Crippen LogP contribution < -0.4 is 14.8 Å². The van der Waals surface area contributed by atoms with E-state index in [4.69, 9.17) is 9.47 Å².